The van der Waals surface area contributed by atoms with Gasteiger partial charge < -0.3 is 5.73 Å². The van der Waals surface area contributed by atoms with E-state index in [1.807, 2.05) is 13.8 Å². The zero-order valence-electron chi connectivity index (χ0n) is 8.82. The fourth-order valence-electron chi connectivity index (χ4n) is 1.43. The van der Waals surface area contributed by atoms with Crippen LogP contribution >= 0.6 is 0 Å². The predicted octanol–water partition coefficient (Wildman–Crippen LogP) is 0.509. The summed E-state index contributed by atoms with van der Waals surface area (Å²) in [5, 5.41) is 0. The van der Waals surface area contributed by atoms with Crippen LogP contribution in [0.15, 0.2) is 0 Å². The van der Waals surface area contributed by atoms with Crippen molar-refractivity contribution in [1.82, 2.24) is 4.90 Å². The lowest BCUT2D eigenvalue weighted by atomic mass is 10.0. The number of nitrogens with zero attached hydrogens (tertiary/aromatic N) is 1. The van der Waals surface area contributed by atoms with Crippen LogP contribution in [0.5, 0.6) is 0 Å². The van der Waals surface area contributed by atoms with Gasteiger partial charge in [-0.2, -0.15) is 0 Å². The molecule has 4 nitrogen and oxygen atoms in total. The summed E-state index contributed by atoms with van der Waals surface area (Å²) in [6.45, 7) is 4.35. The molecule has 1 aliphatic heterocycles. The summed E-state index contributed by atoms with van der Waals surface area (Å²) >= 11 is 0. The Kier molecular flexibility index (Phi) is 3.63. The molecule has 0 bridgehead atoms. The van der Waals surface area contributed by atoms with Crippen LogP contribution in [0, 0.1) is 5.92 Å². The van der Waals surface area contributed by atoms with Gasteiger partial charge in [0, 0.05) is 25.4 Å². The minimum atomic E-state index is -0.110. The summed E-state index contributed by atoms with van der Waals surface area (Å²) in [5.74, 6) is 0.146. The molecule has 2 amide bonds. The van der Waals surface area contributed by atoms with Crippen LogP contribution < -0.4 is 5.73 Å². The average Bonchev–Trinajstić information content (AvgIpc) is 2.11. The van der Waals surface area contributed by atoms with Gasteiger partial charge in [-0.1, -0.05) is 13.8 Å². The van der Waals surface area contributed by atoms with Gasteiger partial charge in [0.15, 0.2) is 0 Å². The number of rotatable bonds is 3. The second kappa shape index (κ2) is 4.55. The summed E-state index contributed by atoms with van der Waals surface area (Å²) in [6, 6.07) is -0.110. The molecule has 0 aromatic rings. The normalized spacial score (nSPS) is 20.4. The Morgan fingerprint density at radius 1 is 1.29 bits per heavy atom. The van der Waals surface area contributed by atoms with Crippen molar-refractivity contribution in [3.63, 3.8) is 0 Å². The van der Waals surface area contributed by atoms with E-state index < -0.39 is 0 Å². The largest absolute Gasteiger partial charge is 0.326 e. The van der Waals surface area contributed by atoms with Crippen molar-refractivity contribution in [2.24, 2.45) is 11.7 Å². The van der Waals surface area contributed by atoms with E-state index in [1.54, 1.807) is 0 Å². The molecule has 4 heteroatoms. The molecule has 0 aliphatic carbocycles. The number of imide groups is 1. The lowest BCUT2D eigenvalue weighted by Gasteiger charge is -2.28. The first-order valence-electron chi connectivity index (χ1n) is 5.11. The van der Waals surface area contributed by atoms with Gasteiger partial charge >= 0.3 is 0 Å². The van der Waals surface area contributed by atoms with Crippen molar-refractivity contribution in [3.8, 4) is 0 Å². The average molecular weight is 198 g/mol. The maximum absolute atomic E-state index is 11.4. The first-order valence-corrected chi connectivity index (χ1v) is 5.11. The van der Waals surface area contributed by atoms with Gasteiger partial charge in [-0.15, -0.1) is 0 Å². The number of piperidine rings is 1. The van der Waals surface area contributed by atoms with E-state index in [-0.39, 0.29) is 23.8 Å². The molecule has 1 rings (SSSR count). The second-order valence-corrected chi connectivity index (χ2v) is 4.16. The van der Waals surface area contributed by atoms with E-state index in [4.69, 9.17) is 5.73 Å². The maximum atomic E-state index is 11.4. The number of amides is 2. The van der Waals surface area contributed by atoms with Gasteiger partial charge in [-0.05, 0) is 12.3 Å². The highest BCUT2D eigenvalue weighted by Gasteiger charge is 2.27. The third-order valence-electron chi connectivity index (χ3n) is 2.63. The Bertz CT molecular complexity index is 222. The summed E-state index contributed by atoms with van der Waals surface area (Å²) in [5.41, 5.74) is 5.83. The van der Waals surface area contributed by atoms with E-state index in [2.05, 4.69) is 0 Å². The Morgan fingerprint density at radius 3 is 2.21 bits per heavy atom. The minimum absolute atomic E-state index is 0.0719. The molecule has 0 spiro atoms. The zero-order chi connectivity index (χ0) is 10.7. The van der Waals surface area contributed by atoms with E-state index in [9.17, 15) is 9.59 Å². The molecule has 1 saturated heterocycles. The monoisotopic (exact) mass is 198 g/mol. The molecule has 80 valence electrons. The van der Waals surface area contributed by atoms with Crippen molar-refractivity contribution in [3.05, 3.63) is 0 Å². The van der Waals surface area contributed by atoms with Gasteiger partial charge in [0.1, 0.15) is 0 Å². The summed E-state index contributed by atoms with van der Waals surface area (Å²) in [4.78, 5) is 24.1. The molecule has 2 N–H and O–H groups in total. The van der Waals surface area contributed by atoms with Crippen molar-refractivity contribution < 1.29 is 9.59 Å². The fourth-order valence-corrected chi connectivity index (χ4v) is 1.43. The molecule has 1 aliphatic rings. The molecular weight excluding hydrogens is 180 g/mol. The lowest BCUT2D eigenvalue weighted by molar-refractivity contribution is -0.148. The molecular formula is C10H18N2O2. The predicted molar refractivity (Wildman–Crippen MR) is 53.4 cm³/mol. The smallest absolute Gasteiger partial charge is 0.229 e. The standard InChI is InChI=1S/C10H18N2O2/c1-7(2)8(11)6-12-9(13)4-3-5-10(12)14/h7-8H,3-6,11H2,1-2H3. The molecule has 1 unspecified atom stereocenters. The number of hydrogen-bond acceptors (Lipinski definition) is 3. The van der Waals surface area contributed by atoms with Crippen LogP contribution in [0.2, 0.25) is 0 Å². The number of nitrogens with two attached hydrogens (primary N) is 1. The zero-order valence-corrected chi connectivity index (χ0v) is 8.82. The second-order valence-electron chi connectivity index (χ2n) is 4.16. The lowest BCUT2D eigenvalue weighted by Crippen LogP contribution is -2.48. The topological polar surface area (TPSA) is 63.4 Å². The van der Waals surface area contributed by atoms with Crippen LogP contribution in [0.1, 0.15) is 33.1 Å². The SMILES string of the molecule is CC(C)C(N)CN1C(=O)CCCC1=O. The number of carbonyl (C=O) groups is 2. The molecule has 0 saturated carbocycles. The third kappa shape index (κ3) is 2.54. The van der Waals surface area contributed by atoms with E-state index in [1.165, 1.54) is 4.90 Å². The summed E-state index contributed by atoms with van der Waals surface area (Å²) < 4.78 is 0. The highest BCUT2D eigenvalue weighted by Crippen LogP contribution is 2.13. The quantitative estimate of drug-likeness (QED) is 0.672. The van der Waals surface area contributed by atoms with Gasteiger partial charge in [-0.3, -0.25) is 14.5 Å². The maximum Gasteiger partial charge on any atom is 0.229 e. The number of carbonyl (C=O) groups excluding carboxylic acids is 2. The fraction of sp³-hybridized carbons (Fsp3) is 0.800. The number of hydrogen-bond donors (Lipinski definition) is 1. The summed E-state index contributed by atoms with van der Waals surface area (Å²) in [6.07, 6.45) is 1.65. The molecule has 1 atom stereocenters. The summed E-state index contributed by atoms with van der Waals surface area (Å²) in [7, 11) is 0. The first kappa shape index (κ1) is 11.2. The van der Waals surface area contributed by atoms with Gasteiger partial charge in [0.2, 0.25) is 11.8 Å². The number of likely N-dealkylation sites (tertiary alicyclic amines) is 1. The molecule has 1 heterocycles. The third-order valence-corrected chi connectivity index (χ3v) is 2.63. The van der Waals surface area contributed by atoms with Gasteiger partial charge in [0.25, 0.3) is 0 Å². The van der Waals surface area contributed by atoms with Gasteiger partial charge in [0.05, 0.1) is 0 Å². The van der Waals surface area contributed by atoms with Crippen molar-refractivity contribution in [2.45, 2.75) is 39.2 Å². The van der Waals surface area contributed by atoms with Crippen molar-refractivity contribution in [2.75, 3.05) is 6.54 Å². The molecule has 1 fully saturated rings. The van der Waals surface area contributed by atoms with E-state index >= 15 is 0 Å². The first-order chi connectivity index (χ1) is 6.52. The van der Waals surface area contributed by atoms with Gasteiger partial charge in [-0.25, -0.2) is 0 Å². The molecule has 14 heavy (non-hydrogen) atoms. The van der Waals surface area contributed by atoms with Crippen molar-refractivity contribution in [1.29, 1.82) is 0 Å². The Labute approximate surface area is 84.4 Å². The van der Waals surface area contributed by atoms with Crippen LogP contribution in [-0.2, 0) is 9.59 Å². The Morgan fingerprint density at radius 2 is 1.79 bits per heavy atom. The molecule has 0 radical (unpaired) electrons. The van der Waals surface area contributed by atoms with Crippen LogP contribution in [0.4, 0.5) is 0 Å². The highest BCUT2D eigenvalue weighted by atomic mass is 16.2. The van der Waals surface area contributed by atoms with Crippen LogP contribution in [0.3, 0.4) is 0 Å². The Hall–Kier alpha value is -0.900. The van der Waals surface area contributed by atoms with Crippen LogP contribution in [-0.4, -0.2) is 29.3 Å². The Balaban J connectivity index is 2.56. The van der Waals surface area contributed by atoms with E-state index in [0.717, 1.165) is 0 Å². The molecule has 0 aromatic heterocycles. The highest BCUT2D eigenvalue weighted by molar-refractivity contribution is 5.97. The van der Waals surface area contributed by atoms with E-state index in [0.29, 0.717) is 25.8 Å². The minimum Gasteiger partial charge on any atom is -0.326 e. The van der Waals surface area contributed by atoms with Crippen molar-refractivity contribution >= 4 is 11.8 Å². The van der Waals surface area contributed by atoms with Crippen LogP contribution in [0.25, 0.3) is 0 Å². The molecule has 0 aromatic carbocycles.